The van der Waals surface area contributed by atoms with Gasteiger partial charge in [0.1, 0.15) is 5.82 Å². The van der Waals surface area contributed by atoms with Crippen molar-refractivity contribution in [2.45, 2.75) is 46.2 Å². The highest BCUT2D eigenvalue weighted by Gasteiger charge is 2.14. The fourth-order valence-corrected chi connectivity index (χ4v) is 3.48. The Morgan fingerprint density at radius 2 is 1.74 bits per heavy atom. The summed E-state index contributed by atoms with van der Waals surface area (Å²) in [5.41, 5.74) is 10.3. The highest BCUT2D eigenvalue weighted by atomic mass is 15.5. The third-order valence-electron chi connectivity index (χ3n) is 5.23. The van der Waals surface area contributed by atoms with Crippen molar-refractivity contribution in [2.24, 2.45) is 11.7 Å². The van der Waals surface area contributed by atoms with Gasteiger partial charge in [-0.2, -0.15) is 10.3 Å². The van der Waals surface area contributed by atoms with Gasteiger partial charge in [0.25, 0.3) is 0 Å². The van der Waals surface area contributed by atoms with Gasteiger partial charge < -0.3 is 5.73 Å². The van der Waals surface area contributed by atoms with Gasteiger partial charge in [0.2, 0.25) is 5.82 Å². The van der Waals surface area contributed by atoms with E-state index >= 15 is 0 Å². The van der Waals surface area contributed by atoms with Crippen LogP contribution in [-0.2, 0) is 13.0 Å². The molecule has 2 heterocycles. The number of H-pyrrole nitrogens is 1. The molecule has 2 aromatic carbocycles. The van der Waals surface area contributed by atoms with Crippen LogP contribution in [0.15, 0.2) is 48.5 Å². The molecule has 0 radical (unpaired) electrons. The molecule has 0 aliphatic rings. The van der Waals surface area contributed by atoms with Crippen LogP contribution < -0.4 is 5.73 Å². The number of rotatable bonds is 8. The molecule has 8 nitrogen and oxygen atoms in total. The first-order valence-corrected chi connectivity index (χ1v) is 10.6. The number of benzene rings is 2. The van der Waals surface area contributed by atoms with Crippen molar-refractivity contribution >= 4 is 0 Å². The zero-order chi connectivity index (χ0) is 21.8. The topological polar surface area (TPSA) is 111 Å². The molecule has 0 aliphatic heterocycles. The molecule has 0 saturated heterocycles. The van der Waals surface area contributed by atoms with Gasteiger partial charge in [0.05, 0.1) is 12.6 Å². The van der Waals surface area contributed by atoms with E-state index in [1.165, 1.54) is 0 Å². The molecule has 0 saturated carbocycles. The van der Waals surface area contributed by atoms with Crippen molar-refractivity contribution in [3.8, 4) is 22.5 Å². The van der Waals surface area contributed by atoms with Crippen molar-refractivity contribution in [3.05, 3.63) is 65.7 Å². The summed E-state index contributed by atoms with van der Waals surface area (Å²) in [4.78, 5) is 4.69. The first-order valence-electron chi connectivity index (χ1n) is 10.6. The van der Waals surface area contributed by atoms with Crippen LogP contribution in [0.2, 0.25) is 0 Å². The van der Waals surface area contributed by atoms with Gasteiger partial charge in [-0.05, 0) is 41.2 Å². The molecule has 0 amide bonds. The Kier molecular flexibility index (Phi) is 6.18. The van der Waals surface area contributed by atoms with E-state index in [2.05, 4.69) is 74.9 Å². The lowest BCUT2D eigenvalue weighted by molar-refractivity contribution is 0.546. The van der Waals surface area contributed by atoms with Gasteiger partial charge in [-0.15, -0.1) is 10.2 Å². The Bertz CT molecular complexity index is 1110. The molecular weight excluding hydrogens is 388 g/mol. The monoisotopic (exact) mass is 416 g/mol. The fraction of sp³-hybridized carbons (Fsp3) is 0.348. The van der Waals surface area contributed by atoms with Gasteiger partial charge >= 0.3 is 0 Å². The largest absolute Gasteiger partial charge is 0.321 e. The Balaban J connectivity index is 1.58. The summed E-state index contributed by atoms with van der Waals surface area (Å²) in [6.45, 7) is 7.03. The molecule has 31 heavy (non-hydrogen) atoms. The van der Waals surface area contributed by atoms with Gasteiger partial charge in [-0.1, -0.05) is 62.4 Å². The quantitative estimate of drug-likeness (QED) is 0.452. The number of hydrogen-bond acceptors (Lipinski definition) is 6. The van der Waals surface area contributed by atoms with Crippen LogP contribution in [0.1, 0.15) is 50.4 Å². The van der Waals surface area contributed by atoms with Gasteiger partial charge in [-0.25, -0.2) is 9.67 Å². The first kappa shape index (κ1) is 20.9. The zero-order valence-corrected chi connectivity index (χ0v) is 18.2. The molecule has 4 aromatic rings. The molecule has 3 N–H and O–H groups in total. The molecule has 1 atom stereocenters. The van der Waals surface area contributed by atoms with Gasteiger partial charge in [-0.3, -0.25) is 0 Å². The van der Waals surface area contributed by atoms with E-state index in [0.717, 1.165) is 40.9 Å². The predicted octanol–water partition coefficient (Wildman–Crippen LogP) is 3.78. The summed E-state index contributed by atoms with van der Waals surface area (Å²) in [6.07, 6.45) is 1.97. The van der Waals surface area contributed by atoms with E-state index in [4.69, 9.17) is 5.73 Å². The second kappa shape index (κ2) is 9.18. The Hall–Kier alpha value is -3.39. The maximum Gasteiger partial charge on any atom is 0.205 e. The molecule has 1 unspecified atom stereocenters. The standard InChI is InChI=1S/C23H28N8/c1-15(2)8-13-21-25-22(16(3)24)28-31(21)14-17-9-11-18(12-10-17)19-6-4-5-7-20(19)23-26-29-30-27-23/h4-7,9-12,15-16H,8,13-14,24H2,1-3H3,(H,26,27,29,30). The lowest BCUT2D eigenvalue weighted by Gasteiger charge is -2.10. The van der Waals surface area contributed by atoms with Gasteiger partial charge in [0.15, 0.2) is 5.82 Å². The van der Waals surface area contributed by atoms with Crippen LogP contribution in [0.5, 0.6) is 0 Å². The maximum atomic E-state index is 6.03. The first-order chi connectivity index (χ1) is 15.0. The van der Waals surface area contributed by atoms with Crippen LogP contribution in [-0.4, -0.2) is 35.4 Å². The van der Waals surface area contributed by atoms with Crippen molar-refractivity contribution in [1.82, 2.24) is 35.4 Å². The minimum Gasteiger partial charge on any atom is -0.321 e. The van der Waals surface area contributed by atoms with Crippen molar-refractivity contribution in [2.75, 3.05) is 0 Å². The number of aromatic amines is 1. The average Bonchev–Trinajstić information content (AvgIpc) is 3.43. The normalized spacial score (nSPS) is 12.4. The van der Waals surface area contributed by atoms with Crippen molar-refractivity contribution in [1.29, 1.82) is 0 Å². The molecule has 4 rings (SSSR count). The summed E-state index contributed by atoms with van der Waals surface area (Å²) < 4.78 is 1.99. The number of hydrogen-bond donors (Lipinski definition) is 2. The fourth-order valence-electron chi connectivity index (χ4n) is 3.48. The lowest BCUT2D eigenvalue weighted by Crippen LogP contribution is -2.09. The number of nitrogens with zero attached hydrogens (tertiary/aromatic N) is 6. The molecule has 0 spiro atoms. The molecule has 0 aliphatic carbocycles. The minimum atomic E-state index is -0.178. The Morgan fingerprint density at radius 1 is 1.00 bits per heavy atom. The van der Waals surface area contributed by atoms with Crippen LogP contribution in [0.3, 0.4) is 0 Å². The zero-order valence-electron chi connectivity index (χ0n) is 18.2. The maximum absolute atomic E-state index is 6.03. The SMILES string of the molecule is CC(C)CCc1nc(C(C)N)nn1Cc1ccc(-c2ccccc2-c2nn[nH]n2)cc1. The summed E-state index contributed by atoms with van der Waals surface area (Å²) in [5, 5.41) is 19.1. The predicted molar refractivity (Wildman–Crippen MR) is 120 cm³/mol. The molecule has 160 valence electrons. The number of aromatic nitrogens is 7. The Labute approximate surface area is 181 Å². The van der Waals surface area contributed by atoms with E-state index in [1.807, 2.05) is 29.8 Å². The Morgan fingerprint density at radius 3 is 2.39 bits per heavy atom. The van der Waals surface area contributed by atoms with E-state index in [0.29, 0.717) is 24.1 Å². The highest BCUT2D eigenvalue weighted by molar-refractivity contribution is 5.80. The molecule has 0 bridgehead atoms. The van der Waals surface area contributed by atoms with Gasteiger partial charge in [0, 0.05) is 12.0 Å². The molecular formula is C23H28N8. The lowest BCUT2D eigenvalue weighted by atomic mass is 9.98. The van der Waals surface area contributed by atoms with E-state index in [1.54, 1.807) is 0 Å². The smallest absolute Gasteiger partial charge is 0.205 e. The second-order valence-corrected chi connectivity index (χ2v) is 8.24. The molecule has 8 heteroatoms. The van der Waals surface area contributed by atoms with Crippen LogP contribution in [0.4, 0.5) is 0 Å². The third kappa shape index (κ3) is 4.86. The molecule has 2 aromatic heterocycles. The van der Waals surface area contributed by atoms with E-state index < -0.39 is 0 Å². The number of nitrogens with two attached hydrogens (primary N) is 1. The van der Waals surface area contributed by atoms with E-state index in [-0.39, 0.29) is 6.04 Å². The summed E-state index contributed by atoms with van der Waals surface area (Å²) in [6, 6.07) is 16.4. The second-order valence-electron chi connectivity index (χ2n) is 8.24. The van der Waals surface area contributed by atoms with Crippen LogP contribution >= 0.6 is 0 Å². The summed E-state index contributed by atoms with van der Waals surface area (Å²) in [7, 11) is 0. The number of aryl methyl sites for hydroxylation is 1. The molecule has 0 fully saturated rings. The van der Waals surface area contributed by atoms with E-state index in [9.17, 15) is 0 Å². The minimum absolute atomic E-state index is 0.178. The number of tetrazole rings is 1. The summed E-state index contributed by atoms with van der Waals surface area (Å²) >= 11 is 0. The van der Waals surface area contributed by atoms with Crippen molar-refractivity contribution < 1.29 is 0 Å². The summed E-state index contributed by atoms with van der Waals surface area (Å²) in [5.74, 6) is 2.89. The van der Waals surface area contributed by atoms with Crippen LogP contribution in [0.25, 0.3) is 22.5 Å². The average molecular weight is 417 g/mol. The number of nitrogens with one attached hydrogen (secondary N) is 1. The van der Waals surface area contributed by atoms with Crippen LogP contribution in [0, 0.1) is 5.92 Å². The van der Waals surface area contributed by atoms with Crippen molar-refractivity contribution in [3.63, 3.8) is 0 Å². The third-order valence-corrected chi connectivity index (χ3v) is 5.23. The highest BCUT2D eigenvalue weighted by Crippen LogP contribution is 2.29.